The normalized spacial score (nSPS) is 11.2. The highest BCUT2D eigenvalue weighted by Gasteiger charge is 2.06. The first-order valence-corrected chi connectivity index (χ1v) is 10.5. The molecule has 0 radical (unpaired) electrons. The lowest BCUT2D eigenvalue weighted by Gasteiger charge is -2.16. The van der Waals surface area contributed by atoms with Crippen molar-refractivity contribution in [1.82, 2.24) is 4.98 Å². The number of hydrogen-bond donors (Lipinski definition) is 0. The largest absolute Gasteiger partial charge is 0.488 e. The Labute approximate surface area is 180 Å². The average Bonchev–Trinajstić information content (AvgIpc) is 2.80. The predicted molar refractivity (Wildman–Crippen MR) is 122 cm³/mol. The highest BCUT2D eigenvalue weighted by Crippen LogP contribution is 2.15. The van der Waals surface area contributed by atoms with Gasteiger partial charge >= 0.3 is 0 Å². The third kappa shape index (κ3) is 8.66. The molecule has 2 aromatic carbocycles. The molecule has 0 fully saturated rings. The molecule has 1 aromatic heterocycles. The standard InChI is InChI=1S/C14H15NO.C12H18O2/c1-2-12-6-8-14(9-7-12)16-11-13-5-3-4-10-15-13;1-4-11(9-13-3)14-12-7-5-10(2)6-8-12/h3-10H,2,11H2,1H3;5-8,11H,4,9H2,1-3H3. The van der Waals surface area contributed by atoms with Crippen molar-refractivity contribution >= 4 is 0 Å². The molecule has 1 atom stereocenters. The van der Waals surface area contributed by atoms with E-state index in [1.165, 1.54) is 11.1 Å². The van der Waals surface area contributed by atoms with Crippen LogP contribution in [0.5, 0.6) is 11.5 Å². The van der Waals surface area contributed by atoms with Gasteiger partial charge in [-0.3, -0.25) is 4.98 Å². The van der Waals surface area contributed by atoms with Crippen molar-refractivity contribution in [3.8, 4) is 11.5 Å². The first kappa shape index (κ1) is 23.4. The lowest BCUT2D eigenvalue weighted by Crippen LogP contribution is -2.21. The van der Waals surface area contributed by atoms with E-state index in [2.05, 4.69) is 50.0 Å². The van der Waals surface area contributed by atoms with Crippen molar-refractivity contribution in [2.24, 2.45) is 0 Å². The number of aromatic nitrogens is 1. The van der Waals surface area contributed by atoms with Crippen molar-refractivity contribution < 1.29 is 14.2 Å². The molecule has 0 amide bonds. The Morgan fingerprint density at radius 3 is 2.13 bits per heavy atom. The Morgan fingerprint density at radius 2 is 1.57 bits per heavy atom. The fraction of sp³-hybridized carbons (Fsp3) is 0.346. The van der Waals surface area contributed by atoms with E-state index in [1.807, 2.05) is 42.5 Å². The van der Waals surface area contributed by atoms with Crippen LogP contribution in [0, 0.1) is 6.92 Å². The number of benzene rings is 2. The molecule has 0 spiro atoms. The van der Waals surface area contributed by atoms with Gasteiger partial charge in [0, 0.05) is 13.3 Å². The monoisotopic (exact) mass is 407 g/mol. The second-order valence-electron chi connectivity index (χ2n) is 7.02. The molecule has 30 heavy (non-hydrogen) atoms. The number of hydrogen-bond acceptors (Lipinski definition) is 4. The molecule has 1 heterocycles. The fourth-order valence-electron chi connectivity index (χ4n) is 2.69. The molecular formula is C26H33NO3. The number of ether oxygens (including phenoxy) is 3. The second kappa shape index (κ2) is 13.4. The van der Waals surface area contributed by atoms with Crippen molar-refractivity contribution in [2.75, 3.05) is 13.7 Å². The van der Waals surface area contributed by atoms with E-state index in [0.717, 1.165) is 30.0 Å². The minimum atomic E-state index is 0.155. The maximum absolute atomic E-state index is 5.73. The Balaban J connectivity index is 0.000000216. The zero-order valence-corrected chi connectivity index (χ0v) is 18.5. The van der Waals surface area contributed by atoms with Crippen LogP contribution in [-0.4, -0.2) is 24.8 Å². The van der Waals surface area contributed by atoms with Gasteiger partial charge in [-0.1, -0.05) is 49.7 Å². The van der Waals surface area contributed by atoms with Gasteiger partial charge in [-0.15, -0.1) is 0 Å². The summed E-state index contributed by atoms with van der Waals surface area (Å²) in [6.07, 6.45) is 3.95. The molecule has 0 aliphatic heterocycles. The van der Waals surface area contributed by atoms with E-state index in [4.69, 9.17) is 14.2 Å². The van der Waals surface area contributed by atoms with Gasteiger partial charge in [0.15, 0.2) is 0 Å². The fourth-order valence-corrected chi connectivity index (χ4v) is 2.69. The van der Waals surface area contributed by atoms with Crippen LogP contribution < -0.4 is 9.47 Å². The minimum Gasteiger partial charge on any atom is -0.488 e. The van der Waals surface area contributed by atoms with Crippen LogP contribution in [0.1, 0.15) is 37.1 Å². The van der Waals surface area contributed by atoms with E-state index in [0.29, 0.717) is 13.2 Å². The molecule has 0 aliphatic rings. The lowest BCUT2D eigenvalue weighted by molar-refractivity contribution is 0.0788. The van der Waals surface area contributed by atoms with Crippen molar-refractivity contribution in [2.45, 2.75) is 46.3 Å². The van der Waals surface area contributed by atoms with E-state index >= 15 is 0 Å². The molecule has 0 aliphatic carbocycles. The Hall–Kier alpha value is -2.85. The van der Waals surface area contributed by atoms with Gasteiger partial charge in [0.25, 0.3) is 0 Å². The quantitative estimate of drug-likeness (QED) is 0.435. The molecule has 4 heteroatoms. The van der Waals surface area contributed by atoms with Gasteiger partial charge in [-0.2, -0.15) is 0 Å². The Kier molecular flexibility index (Phi) is 10.5. The minimum absolute atomic E-state index is 0.155. The third-order valence-electron chi connectivity index (χ3n) is 4.58. The summed E-state index contributed by atoms with van der Waals surface area (Å²) in [6.45, 7) is 7.47. The maximum Gasteiger partial charge on any atom is 0.130 e. The maximum atomic E-state index is 5.73. The predicted octanol–water partition coefficient (Wildman–Crippen LogP) is 6.02. The molecule has 0 bridgehead atoms. The molecule has 160 valence electrons. The van der Waals surface area contributed by atoms with Crippen LogP contribution in [0.4, 0.5) is 0 Å². The van der Waals surface area contributed by atoms with Crippen LogP contribution >= 0.6 is 0 Å². The SMILES string of the molecule is CCC(COC)Oc1ccc(C)cc1.CCc1ccc(OCc2ccccn2)cc1. The summed E-state index contributed by atoms with van der Waals surface area (Å²) in [5, 5.41) is 0. The number of nitrogens with zero attached hydrogens (tertiary/aromatic N) is 1. The number of methoxy groups -OCH3 is 1. The van der Waals surface area contributed by atoms with Crippen LogP contribution in [0.25, 0.3) is 0 Å². The summed E-state index contributed by atoms with van der Waals surface area (Å²) >= 11 is 0. The van der Waals surface area contributed by atoms with Crippen molar-refractivity contribution in [3.63, 3.8) is 0 Å². The van der Waals surface area contributed by atoms with E-state index in [-0.39, 0.29) is 6.10 Å². The van der Waals surface area contributed by atoms with Gasteiger partial charge in [-0.25, -0.2) is 0 Å². The topological polar surface area (TPSA) is 40.6 Å². The Morgan fingerprint density at radius 1 is 0.867 bits per heavy atom. The second-order valence-corrected chi connectivity index (χ2v) is 7.02. The molecule has 3 aromatic rings. The average molecular weight is 408 g/mol. The van der Waals surface area contributed by atoms with E-state index in [1.54, 1.807) is 13.3 Å². The zero-order valence-electron chi connectivity index (χ0n) is 18.5. The number of aryl methyl sites for hydroxylation is 2. The first-order chi connectivity index (χ1) is 14.6. The van der Waals surface area contributed by atoms with Gasteiger partial charge in [0.1, 0.15) is 24.2 Å². The van der Waals surface area contributed by atoms with Gasteiger partial charge in [0.2, 0.25) is 0 Å². The van der Waals surface area contributed by atoms with Crippen LogP contribution in [0.15, 0.2) is 72.9 Å². The Bertz CT molecular complexity index is 817. The van der Waals surface area contributed by atoms with Crippen LogP contribution in [0.2, 0.25) is 0 Å². The van der Waals surface area contributed by atoms with Crippen molar-refractivity contribution in [1.29, 1.82) is 0 Å². The van der Waals surface area contributed by atoms with Gasteiger partial charge < -0.3 is 14.2 Å². The highest BCUT2D eigenvalue weighted by atomic mass is 16.5. The highest BCUT2D eigenvalue weighted by molar-refractivity contribution is 5.27. The molecule has 4 nitrogen and oxygen atoms in total. The first-order valence-electron chi connectivity index (χ1n) is 10.5. The van der Waals surface area contributed by atoms with E-state index < -0.39 is 0 Å². The molecular weight excluding hydrogens is 374 g/mol. The summed E-state index contributed by atoms with van der Waals surface area (Å²) in [5.74, 6) is 1.81. The lowest BCUT2D eigenvalue weighted by atomic mass is 10.2. The summed E-state index contributed by atoms with van der Waals surface area (Å²) < 4.78 is 16.4. The van der Waals surface area contributed by atoms with E-state index in [9.17, 15) is 0 Å². The van der Waals surface area contributed by atoms with Gasteiger partial charge in [-0.05, 0) is 61.7 Å². The van der Waals surface area contributed by atoms with Gasteiger partial charge in [0.05, 0.1) is 12.3 Å². The molecule has 0 N–H and O–H groups in total. The summed E-state index contributed by atoms with van der Waals surface area (Å²) in [4.78, 5) is 4.20. The summed E-state index contributed by atoms with van der Waals surface area (Å²) in [5.41, 5.74) is 3.52. The van der Waals surface area contributed by atoms with Crippen LogP contribution in [0.3, 0.4) is 0 Å². The zero-order chi connectivity index (χ0) is 21.6. The molecule has 1 unspecified atom stereocenters. The summed E-state index contributed by atoms with van der Waals surface area (Å²) in [7, 11) is 1.70. The summed E-state index contributed by atoms with van der Waals surface area (Å²) in [6, 6.07) is 22.1. The number of pyridine rings is 1. The van der Waals surface area contributed by atoms with Crippen molar-refractivity contribution in [3.05, 3.63) is 89.7 Å². The van der Waals surface area contributed by atoms with Crippen LogP contribution in [-0.2, 0) is 17.8 Å². The smallest absolute Gasteiger partial charge is 0.130 e. The third-order valence-corrected chi connectivity index (χ3v) is 4.58. The molecule has 0 saturated carbocycles. The molecule has 3 rings (SSSR count). The number of rotatable bonds is 9. The molecule has 0 saturated heterocycles.